The third kappa shape index (κ3) is 4.96. The van der Waals surface area contributed by atoms with Crippen LogP contribution in [0.1, 0.15) is 49.4 Å². The van der Waals surface area contributed by atoms with Crippen molar-refractivity contribution >= 4 is 21.7 Å². The maximum absolute atomic E-state index is 12.8. The summed E-state index contributed by atoms with van der Waals surface area (Å²) in [7, 11) is -3.64. The van der Waals surface area contributed by atoms with Crippen LogP contribution in [0.2, 0.25) is 0 Å². The molecule has 0 saturated carbocycles. The van der Waals surface area contributed by atoms with E-state index in [9.17, 15) is 18.0 Å². The summed E-state index contributed by atoms with van der Waals surface area (Å²) in [5, 5.41) is 0. The predicted octanol–water partition coefficient (Wildman–Crippen LogP) is 1.86. The number of hydroxylamine groups is 1. The number of sulfonamides is 1. The Bertz CT molecular complexity index is 794. The van der Waals surface area contributed by atoms with Crippen molar-refractivity contribution < 1.29 is 27.6 Å². The lowest BCUT2D eigenvalue weighted by molar-refractivity contribution is -0.202. The minimum absolute atomic E-state index is 0.114. The first-order valence-corrected chi connectivity index (χ1v) is 11.0. The lowest BCUT2D eigenvalue weighted by Crippen LogP contribution is -2.44. The fraction of sp³-hybridized carbons (Fsp3) is 0.579. The maximum Gasteiger partial charge on any atom is 0.246 e. The topological polar surface area (TPSA) is 102 Å². The summed E-state index contributed by atoms with van der Waals surface area (Å²) in [6, 6.07) is 5.92. The fourth-order valence-corrected chi connectivity index (χ4v) is 4.85. The van der Waals surface area contributed by atoms with E-state index in [0.717, 1.165) is 19.3 Å². The molecule has 28 heavy (non-hydrogen) atoms. The Morgan fingerprint density at radius 3 is 2.36 bits per heavy atom. The minimum Gasteiger partial charge on any atom is -0.350 e. The Hall–Kier alpha value is -1.81. The molecule has 0 radical (unpaired) electrons. The molecule has 1 aromatic rings. The van der Waals surface area contributed by atoms with E-state index in [1.165, 1.54) is 35.5 Å². The lowest BCUT2D eigenvalue weighted by atomic mass is 9.98. The number of nitrogens with one attached hydrogen (secondary N) is 1. The number of carbonyl (C=O) groups is 2. The number of carbonyl (C=O) groups excluding carboxylic acids is 2. The number of piperidine rings is 1. The van der Waals surface area contributed by atoms with Crippen LogP contribution in [0.15, 0.2) is 29.2 Å². The Morgan fingerprint density at radius 2 is 1.79 bits per heavy atom. The lowest BCUT2D eigenvalue weighted by Gasteiger charge is -2.31. The van der Waals surface area contributed by atoms with Gasteiger partial charge in [-0.3, -0.25) is 9.59 Å². The molecule has 8 nitrogen and oxygen atoms in total. The summed E-state index contributed by atoms with van der Waals surface area (Å²) in [5.74, 6) is -0.649. The number of ether oxygens (including phenoxy) is 1. The van der Waals surface area contributed by atoms with E-state index in [-0.39, 0.29) is 35.6 Å². The van der Waals surface area contributed by atoms with E-state index in [2.05, 4.69) is 5.48 Å². The Labute approximate surface area is 165 Å². The van der Waals surface area contributed by atoms with Crippen molar-refractivity contribution in [3.05, 3.63) is 29.8 Å². The van der Waals surface area contributed by atoms with Gasteiger partial charge in [0.05, 0.1) is 4.90 Å². The quantitative estimate of drug-likeness (QED) is 0.567. The minimum atomic E-state index is -3.64. The van der Waals surface area contributed by atoms with Crippen LogP contribution in [0, 0.1) is 5.92 Å². The highest BCUT2D eigenvalue weighted by molar-refractivity contribution is 7.89. The van der Waals surface area contributed by atoms with Gasteiger partial charge in [-0.2, -0.15) is 4.31 Å². The molecule has 2 fully saturated rings. The molecule has 1 atom stereocenters. The molecular weight excluding hydrogens is 384 g/mol. The molecule has 2 saturated heterocycles. The molecule has 154 valence electrons. The Morgan fingerprint density at radius 1 is 1.11 bits per heavy atom. The van der Waals surface area contributed by atoms with Gasteiger partial charge < -0.3 is 4.74 Å². The zero-order valence-electron chi connectivity index (χ0n) is 15.9. The molecule has 2 aliphatic rings. The molecule has 0 spiro atoms. The fourth-order valence-electron chi connectivity index (χ4n) is 3.38. The van der Waals surface area contributed by atoms with Crippen LogP contribution in [0.25, 0.3) is 0 Å². The van der Waals surface area contributed by atoms with Crippen molar-refractivity contribution in [2.75, 3.05) is 19.7 Å². The van der Waals surface area contributed by atoms with Crippen LogP contribution in [0.5, 0.6) is 0 Å². The summed E-state index contributed by atoms with van der Waals surface area (Å²) in [6.45, 7) is 2.58. The molecule has 0 bridgehead atoms. The predicted molar refractivity (Wildman–Crippen MR) is 101 cm³/mol. The summed E-state index contributed by atoms with van der Waals surface area (Å²) >= 11 is 0. The molecule has 1 aromatic carbocycles. The molecule has 2 aliphatic heterocycles. The number of rotatable bonds is 6. The van der Waals surface area contributed by atoms with Crippen molar-refractivity contribution in [1.82, 2.24) is 9.79 Å². The van der Waals surface area contributed by atoms with Crippen LogP contribution in [-0.2, 0) is 24.4 Å². The number of benzene rings is 1. The van der Waals surface area contributed by atoms with E-state index in [4.69, 9.17) is 9.57 Å². The number of amides is 1. The highest BCUT2D eigenvalue weighted by Gasteiger charge is 2.32. The van der Waals surface area contributed by atoms with E-state index >= 15 is 0 Å². The number of nitrogens with zero attached hydrogens (tertiary/aromatic N) is 1. The Balaban J connectivity index is 1.52. The molecule has 1 amide bonds. The van der Waals surface area contributed by atoms with Crippen LogP contribution < -0.4 is 5.48 Å². The molecule has 1 N–H and O–H groups in total. The smallest absolute Gasteiger partial charge is 0.246 e. The molecule has 9 heteroatoms. The van der Waals surface area contributed by atoms with Crippen molar-refractivity contribution in [2.45, 2.75) is 50.2 Å². The van der Waals surface area contributed by atoms with Gasteiger partial charge in [-0.15, -0.1) is 0 Å². The second-order valence-corrected chi connectivity index (χ2v) is 9.08. The van der Waals surface area contributed by atoms with Gasteiger partial charge in [0, 0.05) is 37.6 Å². The summed E-state index contributed by atoms with van der Waals surface area (Å²) in [5.41, 5.74) is 2.93. The van der Waals surface area contributed by atoms with Crippen molar-refractivity contribution in [2.24, 2.45) is 5.92 Å². The van der Waals surface area contributed by atoms with Crippen LogP contribution in [0.4, 0.5) is 0 Å². The summed E-state index contributed by atoms with van der Waals surface area (Å²) in [4.78, 5) is 29.1. The number of ketones is 1. The van der Waals surface area contributed by atoms with E-state index < -0.39 is 16.3 Å². The van der Waals surface area contributed by atoms with Crippen LogP contribution in [0.3, 0.4) is 0 Å². The molecule has 1 unspecified atom stereocenters. The second-order valence-electron chi connectivity index (χ2n) is 7.14. The highest BCUT2D eigenvalue weighted by Crippen LogP contribution is 2.24. The third-order valence-electron chi connectivity index (χ3n) is 5.15. The largest absolute Gasteiger partial charge is 0.350 e. The average molecular weight is 410 g/mol. The van der Waals surface area contributed by atoms with Crippen molar-refractivity contribution in [1.29, 1.82) is 0 Å². The summed E-state index contributed by atoms with van der Waals surface area (Å²) < 4.78 is 32.3. The number of hydrogen-bond acceptors (Lipinski definition) is 6. The van der Waals surface area contributed by atoms with Gasteiger partial charge in [0.1, 0.15) is 0 Å². The van der Waals surface area contributed by atoms with E-state index in [1.807, 2.05) is 0 Å². The molecular formula is C19H26N2O6S. The summed E-state index contributed by atoms with van der Waals surface area (Å²) in [6.07, 6.45) is 3.19. The monoisotopic (exact) mass is 410 g/mol. The van der Waals surface area contributed by atoms with Gasteiger partial charge in [-0.05, 0) is 44.7 Å². The number of hydrogen-bond donors (Lipinski definition) is 1. The van der Waals surface area contributed by atoms with Crippen molar-refractivity contribution in [3.8, 4) is 0 Å². The van der Waals surface area contributed by atoms with Crippen molar-refractivity contribution in [3.63, 3.8) is 0 Å². The zero-order chi connectivity index (χ0) is 20.1. The SMILES string of the molecule is CC(=O)c1ccc(S(=O)(=O)N2CCC(C(=O)NOC3CCCCO3)CC2)cc1. The highest BCUT2D eigenvalue weighted by atomic mass is 32.2. The van der Waals surface area contributed by atoms with Gasteiger partial charge in [0.15, 0.2) is 12.1 Å². The second kappa shape index (κ2) is 9.13. The first kappa shape index (κ1) is 20.9. The Kier molecular flexibility index (Phi) is 6.82. The normalized spacial score (nSPS) is 22.0. The third-order valence-corrected chi connectivity index (χ3v) is 7.07. The van der Waals surface area contributed by atoms with Gasteiger partial charge in [-0.25, -0.2) is 18.7 Å². The van der Waals surface area contributed by atoms with E-state index in [1.54, 1.807) is 0 Å². The molecule has 2 heterocycles. The molecule has 0 aliphatic carbocycles. The van der Waals surface area contributed by atoms with Gasteiger partial charge in [0.2, 0.25) is 15.9 Å². The van der Waals surface area contributed by atoms with Gasteiger partial charge in [0.25, 0.3) is 0 Å². The maximum atomic E-state index is 12.8. The van der Waals surface area contributed by atoms with E-state index in [0.29, 0.717) is 25.0 Å². The first-order valence-electron chi connectivity index (χ1n) is 9.56. The molecule has 3 rings (SSSR count). The van der Waals surface area contributed by atoms with Crippen LogP contribution >= 0.6 is 0 Å². The standard InChI is InChI=1S/C19H26N2O6S/c1-14(22)15-5-7-17(8-6-15)28(24,25)21-11-9-16(10-12-21)19(23)20-27-18-4-2-3-13-26-18/h5-8,16,18H,2-4,9-13H2,1H3,(H,20,23). The van der Waals surface area contributed by atoms with Gasteiger partial charge >= 0.3 is 0 Å². The zero-order valence-corrected chi connectivity index (χ0v) is 16.7. The van der Waals surface area contributed by atoms with Crippen LogP contribution in [-0.4, -0.2) is 50.4 Å². The van der Waals surface area contributed by atoms with Gasteiger partial charge in [-0.1, -0.05) is 12.1 Å². The molecule has 0 aromatic heterocycles. The first-order chi connectivity index (χ1) is 13.4. The number of Topliss-reactive ketones (excluding diaryl/α,β-unsaturated/α-hetero) is 1. The average Bonchev–Trinajstić information content (AvgIpc) is 2.73.